The monoisotopic (exact) mass is 341 g/mol. The average molecular weight is 341 g/mol. The van der Waals surface area contributed by atoms with Crippen LogP contribution in [0.5, 0.6) is 5.75 Å². The van der Waals surface area contributed by atoms with Gasteiger partial charge in [-0.2, -0.15) is 0 Å². The Morgan fingerprint density at radius 1 is 1.27 bits per heavy atom. The minimum absolute atomic E-state index is 0.196. The first kappa shape index (κ1) is 15.3. The Morgan fingerprint density at radius 2 is 2.05 bits per heavy atom. The lowest BCUT2D eigenvalue weighted by Gasteiger charge is -2.12. The van der Waals surface area contributed by atoms with Crippen LogP contribution in [-0.4, -0.2) is 28.7 Å². The summed E-state index contributed by atoms with van der Waals surface area (Å²) in [5.74, 6) is 0.578. The average Bonchev–Trinajstić information content (AvgIpc) is 3.17. The second kappa shape index (κ2) is 6.25. The van der Waals surface area contributed by atoms with E-state index in [4.69, 9.17) is 14.2 Å². The molecule has 1 aromatic heterocycles. The van der Waals surface area contributed by atoms with Gasteiger partial charge in [-0.1, -0.05) is 6.07 Å². The van der Waals surface area contributed by atoms with Gasteiger partial charge in [0.15, 0.2) is 6.29 Å². The third-order valence-corrected chi connectivity index (χ3v) is 6.00. The van der Waals surface area contributed by atoms with Gasteiger partial charge in [0.25, 0.3) is 10.0 Å². The van der Waals surface area contributed by atoms with Crippen LogP contribution in [0.1, 0.15) is 11.9 Å². The molecule has 1 fully saturated rings. The van der Waals surface area contributed by atoms with Crippen molar-refractivity contribution in [2.24, 2.45) is 0 Å². The van der Waals surface area contributed by atoms with E-state index >= 15 is 0 Å². The van der Waals surface area contributed by atoms with E-state index in [1.807, 2.05) is 0 Å². The minimum Gasteiger partial charge on any atom is -0.497 e. The van der Waals surface area contributed by atoms with Crippen molar-refractivity contribution in [2.45, 2.75) is 10.5 Å². The van der Waals surface area contributed by atoms with Crippen molar-refractivity contribution in [3.63, 3.8) is 0 Å². The zero-order valence-corrected chi connectivity index (χ0v) is 13.4. The Morgan fingerprint density at radius 3 is 2.77 bits per heavy atom. The number of benzene rings is 1. The first-order valence-corrected chi connectivity index (χ1v) is 8.94. The maximum Gasteiger partial charge on any atom is 0.271 e. The molecule has 1 N–H and O–H groups in total. The van der Waals surface area contributed by atoms with Crippen LogP contribution in [0.25, 0.3) is 0 Å². The van der Waals surface area contributed by atoms with Gasteiger partial charge in [-0.15, -0.1) is 11.3 Å². The van der Waals surface area contributed by atoms with E-state index in [-0.39, 0.29) is 4.21 Å². The molecule has 1 saturated heterocycles. The molecule has 2 aromatic rings. The molecule has 3 rings (SSSR count). The molecule has 0 radical (unpaired) electrons. The molecule has 1 aliphatic rings. The van der Waals surface area contributed by atoms with E-state index in [1.165, 1.54) is 7.11 Å². The molecule has 0 spiro atoms. The lowest BCUT2D eigenvalue weighted by Crippen LogP contribution is -2.14. The summed E-state index contributed by atoms with van der Waals surface area (Å²) < 4.78 is 43.8. The number of thiophene rings is 1. The Kier molecular flexibility index (Phi) is 4.34. The summed E-state index contributed by atoms with van der Waals surface area (Å²) in [5.41, 5.74) is 0.963. The van der Waals surface area contributed by atoms with Gasteiger partial charge in [0.1, 0.15) is 9.96 Å². The number of sulfonamides is 1. The van der Waals surface area contributed by atoms with Gasteiger partial charge >= 0.3 is 0 Å². The van der Waals surface area contributed by atoms with Crippen molar-refractivity contribution < 1.29 is 22.6 Å². The highest BCUT2D eigenvalue weighted by atomic mass is 32.2. The highest BCUT2D eigenvalue weighted by Crippen LogP contribution is 2.34. The van der Waals surface area contributed by atoms with Crippen molar-refractivity contribution in [2.75, 3.05) is 25.0 Å². The topological polar surface area (TPSA) is 73.9 Å². The van der Waals surface area contributed by atoms with Crippen LogP contribution < -0.4 is 9.46 Å². The van der Waals surface area contributed by atoms with E-state index < -0.39 is 16.3 Å². The first-order valence-electron chi connectivity index (χ1n) is 6.57. The third kappa shape index (κ3) is 3.09. The highest BCUT2D eigenvalue weighted by molar-refractivity contribution is 7.94. The van der Waals surface area contributed by atoms with Crippen molar-refractivity contribution in [3.05, 3.63) is 41.3 Å². The molecule has 1 aromatic carbocycles. The minimum atomic E-state index is -3.71. The molecular weight excluding hydrogens is 326 g/mol. The number of methoxy groups -OCH3 is 1. The van der Waals surface area contributed by atoms with Crippen LogP contribution in [-0.2, 0) is 19.5 Å². The fourth-order valence-corrected chi connectivity index (χ4v) is 4.57. The molecule has 0 amide bonds. The molecule has 118 valence electrons. The van der Waals surface area contributed by atoms with Crippen LogP contribution in [0.15, 0.2) is 39.9 Å². The van der Waals surface area contributed by atoms with E-state index in [0.717, 1.165) is 11.3 Å². The largest absolute Gasteiger partial charge is 0.497 e. The summed E-state index contributed by atoms with van der Waals surface area (Å²) in [4.78, 5) is 0. The summed E-state index contributed by atoms with van der Waals surface area (Å²) in [6, 6.07) is 8.45. The van der Waals surface area contributed by atoms with Crippen LogP contribution in [0.2, 0.25) is 0 Å². The van der Waals surface area contributed by atoms with Gasteiger partial charge in [0.2, 0.25) is 0 Å². The fraction of sp³-hybridized carbons (Fsp3) is 0.286. The van der Waals surface area contributed by atoms with Crippen LogP contribution in [0, 0.1) is 0 Å². The van der Waals surface area contributed by atoms with E-state index in [1.54, 1.807) is 35.7 Å². The molecule has 8 heteroatoms. The summed E-state index contributed by atoms with van der Waals surface area (Å²) >= 11 is 1.13. The van der Waals surface area contributed by atoms with Gasteiger partial charge < -0.3 is 14.2 Å². The summed E-state index contributed by atoms with van der Waals surface area (Å²) in [5, 5.41) is 1.71. The number of rotatable bonds is 5. The predicted molar refractivity (Wildman–Crippen MR) is 82.8 cm³/mol. The third-order valence-electron chi connectivity index (χ3n) is 3.10. The summed E-state index contributed by atoms with van der Waals surface area (Å²) in [6.07, 6.45) is -0.622. The number of anilines is 1. The SMILES string of the molecule is COc1cccc(NS(=O)(=O)c2sccc2C2OCCO2)c1. The fourth-order valence-electron chi connectivity index (χ4n) is 2.12. The normalized spacial score (nSPS) is 15.9. The quantitative estimate of drug-likeness (QED) is 0.905. The van der Waals surface area contributed by atoms with Crippen LogP contribution >= 0.6 is 11.3 Å². The second-order valence-electron chi connectivity index (χ2n) is 4.57. The van der Waals surface area contributed by atoms with Crippen molar-refractivity contribution in [1.29, 1.82) is 0 Å². The van der Waals surface area contributed by atoms with Gasteiger partial charge in [0, 0.05) is 11.6 Å². The summed E-state index contributed by atoms with van der Waals surface area (Å²) in [7, 11) is -2.18. The number of hydrogen-bond donors (Lipinski definition) is 1. The molecule has 0 atom stereocenters. The number of ether oxygens (including phenoxy) is 3. The van der Waals surface area contributed by atoms with Gasteiger partial charge in [-0.05, 0) is 23.6 Å². The molecule has 0 aliphatic carbocycles. The lowest BCUT2D eigenvalue weighted by atomic mass is 10.3. The molecule has 0 bridgehead atoms. The Balaban J connectivity index is 1.88. The lowest BCUT2D eigenvalue weighted by molar-refractivity contribution is -0.0456. The number of nitrogens with one attached hydrogen (secondary N) is 1. The maximum atomic E-state index is 12.6. The predicted octanol–water partition coefficient (Wildman–Crippen LogP) is 2.60. The van der Waals surface area contributed by atoms with E-state index in [2.05, 4.69) is 4.72 Å². The molecule has 1 aliphatic heterocycles. The zero-order valence-electron chi connectivity index (χ0n) is 11.8. The first-order chi connectivity index (χ1) is 10.6. The van der Waals surface area contributed by atoms with Crippen molar-refractivity contribution >= 4 is 27.0 Å². The zero-order chi connectivity index (χ0) is 15.6. The number of hydrogen-bond acceptors (Lipinski definition) is 6. The second-order valence-corrected chi connectivity index (χ2v) is 7.37. The maximum absolute atomic E-state index is 12.6. The molecule has 2 heterocycles. The molecule has 0 unspecified atom stereocenters. The van der Waals surface area contributed by atoms with Gasteiger partial charge in [0.05, 0.1) is 26.0 Å². The molecule has 6 nitrogen and oxygen atoms in total. The van der Waals surface area contributed by atoms with Crippen LogP contribution in [0.4, 0.5) is 5.69 Å². The smallest absolute Gasteiger partial charge is 0.271 e. The Hall–Kier alpha value is -1.61. The standard InChI is InChI=1S/C14H15NO5S2/c1-18-11-4-2-3-10(9-11)15-22(16,17)14-12(5-8-21-14)13-19-6-7-20-13/h2-5,8-9,13,15H,6-7H2,1H3. The Labute approximate surface area is 132 Å². The Bertz CT molecular complexity index is 750. The van der Waals surface area contributed by atoms with E-state index in [9.17, 15) is 8.42 Å². The van der Waals surface area contributed by atoms with Gasteiger partial charge in [-0.3, -0.25) is 4.72 Å². The van der Waals surface area contributed by atoms with Crippen molar-refractivity contribution in [3.8, 4) is 5.75 Å². The molecule has 22 heavy (non-hydrogen) atoms. The van der Waals surface area contributed by atoms with Crippen LogP contribution in [0.3, 0.4) is 0 Å². The molecular formula is C14H15NO5S2. The highest BCUT2D eigenvalue weighted by Gasteiger charge is 2.28. The van der Waals surface area contributed by atoms with E-state index in [0.29, 0.717) is 30.2 Å². The molecule has 0 saturated carbocycles. The van der Waals surface area contributed by atoms with Crippen molar-refractivity contribution in [1.82, 2.24) is 0 Å². The summed E-state index contributed by atoms with van der Waals surface area (Å²) in [6.45, 7) is 0.923. The van der Waals surface area contributed by atoms with Gasteiger partial charge in [-0.25, -0.2) is 8.42 Å².